The van der Waals surface area contributed by atoms with Crippen molar-refractivity contribution in [2.45, 2.75) is 43.7 Å². The third kappa shape index (κ3) is 3.12. The van der Waals surface area contributed by atoms with E-state index in [9.17, 15) is 13.6 Å². The third-order valence-corrected chi connectivity index (χ3v) is 3.24. The summed E-state index contributed by atoms with van der Waals surface area (Å²) >= 11 is 0. The summed E-state index contributed by atoms with van der Waals surface area (Å²) < 4.78 is 24.4. The first-order valence-electron chi connectivity index (χ1n) is 5.36. The van der Waals surface area contributed by atoms with Crippen molar-refractivity contribution >= 4 is 5.97 Å². The number of aliphatic carboxylic acids is 1. The summed E-state index contributed by atoms with van der Waals surface area (Å²) in [7, 11) is 1.59. The minimum absolute atomic E-state index is 0.163. The molecule has 0 aromatic carbocycles. The van der Waals surface area contributed by atoms with E-state index < -0.39 is 17.9 Å². The number of rotatable bonds is 4. The van der Waals surface area contributed by atoms with Gasteiger partial charge < -0.3 is 10.8 Å². The Balaban J connectivity index is 2.59. The molecule has 16 heavy (non-hydrogen) atoms. The molecule has 4 nitrogen and oxygen atoms in total. The molecule has 1 fully saturated rings. The summed E-state index contributed by atoms with van der Waals surface area (Å²) in [6.45, 7) is -0.333. The maximum Gasteiger partial charge on any atom is 0.323 e. The van der Waals surface area contributed by atoms with E-state index >= 15 is 0 Å². The van der Waals surface area contributed by atoms with Crippen LogP contribution in [-0.2, 0) is 4.79 Å². The highest BCUT2D eigenvalue weighted by Crippen LogP contribution is 2.29. The van der Waals surface area contributed by atoms with Gasteiger partial charge in [0.2, 0.25) is 0 Å². The predicted molar refractivity (Wildman–Crippen MR) is 55.4 cm³/mol. The SMILES string of the molecule is CN(CC(F)F)C1CCCC(N)(C(=O)O)C1. The summed E-state index contributed by atoms with van der Waals surface area (Å²) in [6.07, 6.45) is -0.340. The molecule has 0 aromatic rings. The zero-order valence-electron chi connectivity index (χ0n) is 9.33. The van der Waals surface area contributed by atoms with Crippen LogP contribution < -0.4 is 5.73 Å². The Morgan fingerprint density at radius 2 is 2.31 bits per heavy atom. The highest BCUT2D eigenvalue weighted by Gasteiger charge is 2.40. The predicted octanol–water partition coefficient (Wildman–Crippen LogP) is 0.908. The van der Waals surface area contributed by atoms with Crippen molar-refractivity contribution < 1.29 is 18.7 Å². The van der Waals surface area contributed by atoms with Gasteiger partial charge in [-0.1, -0.05) is 0 Å². The minimum atomic E-state index is -2.40. The van der Waals surface area contributed by atoms with Gasteiger partial charge in [-0.25, -0.2) is 8.78 Å². The second-order valence-corrected chi connectivity index (χ2v) is 4.54. The largest absolute Gasteiger partial charge is 0.480 e. The van der Waals surface area contributed by atoms with Crippen molar-refractivity contribution in [2.24, 2.45) is 5.73 Å². The van der Waals surface area contributed by atoms with E-state index in [0.717, 1.165) is 6.42 Å². The molecular weight excluding hydrogens is 218 g/mol. The van der Waals surface area contributed by atoms with Crippen LogP contribution in [0.4, 0.5) is 8.78 Å². The third-order valence-electron chi connectivity index (χ3n) is 3.24. The van der Waals surface area contributed by atoms with Crippen molar-refractivity contribution in [2.75, 3.05) is 13.6 Å². The van der Waals surface area contributed by atoms with Crippen LogP contribution in [0.3, 0.4) is 0 Å². The molecular formula is C10H18F2N2O2. The van der Waals surface area contributed by atoms with Crippen LogP contribution in [0.2, 0.25) is 0 Å². The van der Waals surface area contributed by atoms with E-state index in [-0.39, 0.29) is 19.0 Å². The molecule has 0 amide bonds. The van der Waals surface area contributed by atoms with Gasteiger partial charge in [0.15, 0.2) is 0 Å². The van der Waals surface area contributed by atoms with Crippen molar-refractivity contribution in [3.8, 4) is 0 Å². The van der Waals surface area contributed by atoms with Crippen LogP contribution in [0.5, 0.6) is 0 Å². The first-order chi connectivity index (χ1) is 7.35. The van der Waals surface area contributed by atoms with Crippen LogP contribution in [0.25, 0.3) is 0 Å². The zero-order chi connectivity index (χ0) is 12.3. The fraction of sp³-hybridized carbons (Fsp3) is 0.900. The van der Waals surface area contributed by atoms with Crippen molar-refractivity contribution in [3.63, 3.8) is 0 Å². The average Bonchev–Trinajstić information content (AvgIpc) is 2.16. The number of nitrogens with two attached hydrogens (primary N) is 1. The minimum Gasteiger partial charge on any atom is -0.480 e. The Labute approximate surface area is 93.4 Å². The Morgan fingerprint density at radius 1 is 1.69 bits per heavy atom. The van der Waals surface area contributed by atoms with E-state index in [1.165, 1.54) is 4.90 Å². The first kappa shape index (κ1) is 13.3. The van der Waals surface area contributed by atoms with Gasteiger partial charge in [0.1, 0.15) is 5.54 Å². The molecule has 0 saturated heterocycles. The van der Waals surface area contributed by atoms with Gasteiger partial charge in [-0.15, -0.1) is 0 Å². The standard InChI is InChI=1S/C10H18F2N2O2/c1-14(6-8(11)12)7-3-2-4-10(13,5-7)9(15)16/h7-8H,2-6,13H2,1H3,(H,15,16). The molecule has 0 bridgehead atoms. The second kappa shape index (κ2) is 5.05. The molecule has 6 heteroatoms. The molecule has 1 rings (SSSR count). The number of halogens is 2. The van der Waals surface area contributed by atoms with Gasteiger partial charge in [-0.05, 0) is 32.7 Å². The Kier molecular flexibility index (Phi) is 4.21. The van der Waals surface area contributed by atoms with Gasteiger partial charge in [0, 0.05) is 6.04 Å². The summed E-state index contributed by atoms with van der Waals surface area (Å²) in [5, 5.41) is 8.99. The number of nitrogens with zero attached hydrogens (tertiary/aromatic N) is 1. The molecule has 0 aliphatic heterocycles. The Bertz CT molecular complexity index is 263. The molecule has 1 aliphatic carbocycles. The number of carboxylic acids is 1. The van der Waals surface area contributed by atoms with Crippen molar-refractivity contribution in [3.05, 3.63) is 0 Å². The number of carbonyl (C=O) groups is 1. The molecule has 0 heterocycles. The molecule has 0 aromatic heterocycles. The molecule has 2 unspecified atom stereocenters. The maximum absolute atomic E-state index is 12.2. The molecule has 94 valence electrons. The van der Waals surface area contributed by atoms with Crippen molar-refractivity contribution in [1.29, 1.82) is 0 Å². The zero-order valence-corrected chi connectivity index (χ0v) is 9.33. The Hall–Kier alpha value is -0.750. The van der Waals surface area contributed by atoms with E-state index in [4.69, 9.17) is 10.8 Å². The summed E-state index contributed by atoms with van der Waals surface area (Å²) in [5.41, 5.74) is 4.50. The van der Waals surface area contributed by atoms with E-state index in [1.54, 1.807) is 7.05 Å². The summed E-state index contributed by atoms with van der Waals surface area (Å²) in [6, 6.07) is -0.163. The monoisotopic (exact) mass is 236 g/mol. The lowest BCUT2D eigenvalue weighted by Crippen LogP contribution is -2.55. The quantitative estimate of drug-likeness (QED) is 0.761. The van der Waals surface area contributed by atoms with Gasteiger partial charge in [-0.2, -0.15) is 0 Å². The number of carboxylic acid groups (broad SMARTS) is 1. The lowest BCUT2D eigenvalue weighted by Gasteiger charge is -2.38. The maximum atomic E-state index is 12.2. The molecule has 1 saturated carbocycles. The van der Waals surface area contributed by atoms with Crippen LogP contribution in [0.15, 0.2) is 0 Å². The van der Waals surface area contributed by atoms with E-state index in [2.05, 4.69) is 0 Å². The molecule has 3 N–H and O–H groups in total. The lowest BCUT2D eigenvalue weighted by atomic mass is 9.79. The number of hydrogen-bond acceptors (Lipinski definition) is 3. The topological polar surface area (TPSA) is 66.6 Å². The van der Waals surface area contributed by atoms with Crippen LogP contribution in [-0.4, -0.2) is 47.6 Å². The first-order valence-corrected chi connectivity index (χ1v) is 5.36. The molecule has 2 atom stereocenters. The summed E-state index contributed by atoms with van der Waals surface area (Å²) in [5.74, 6) is -1.04. The normalized spacial score (nSPS) is 31.0. The van der Waals surface area contributed by atoms with E-state index in [0.29, 0.717) is 12.8 Å². The van der Waals surface area contributed by atoms with Crippen LogP contribution in [0, 0.1) is 0 Å². The smallest absolute Gasteiger partial charge is 0.323 e. The Morgan fingerprint density at radius 3 is 2.81 bits per heavy atom. The average molecular weight is 236 g/mol. The fourth-order valence-corrected chi connectivity index (χ4v) is 2.21. The number of hydrogen-bond donors (Lipinski definition) is 2. The molecule has 0 spiro atoms. The highest BCUT2D eigenvalue weighted by atomic mass is 19.3. The van der Waals surface area contributed by atoms with Crippen LogP contribution in [0.1, 0.15) is 25.7 Å². The van der Waals surface area contributed by atoms with Gasteiger partial charge in [0.25, 0.3) is 6.43 Å². The van der Waals surface area contributed by atoms with Crippen molar-refractivity contribution in [1.82, 2.24) is 4.90 Å². The van der Waals surface area contributed by atoms with Gasteiger partial charge in [0.05, 0.1) is 6.54 Å². The van der Waals surface area contributed by atoms with E-state index in [1.807, 2.05) is 0 Å². The van der Waals surface area contributed by atoms with Crippen LogP contribution >= 0.6 is 0 Å². The second-order valence-electron chi connectivity index (χ2n) is 4.54. The molecule has 0 radical (unpaired) electrons. The summed E-state index contributed by atoms with van der Waals surface area (Å²) in [4.78, 5) is 12.5. The fourth-order valence-electron chi connectivity index (χ4n) is 2.21. The highest BCUT2D eigenvalue weighted by molar-refractivity contribution is 5.78. The lowest BCUT2D eigenvalue weighted by molar-refractivity contribution is -0.145. The van der Waals surface area contributed by atoms with Gasteiger partial charge >= 0.3 is 5.97 Å². The van der Waals surface area contributed by atoms with Gasteiger partial charge in [-0.3, -0.25) is 9.69 Å². The number of alkyl halides is 2. The molecule has 1 aliphatic rings.